The molecule has 0 unspecified atom stereocenters. The fourth-order valence-corrected chi connectivity index (χ4v) is 2.33. The van der Waals surface area contributed by atoms with E-state index in [9.17, 15) is 0 Å². The van der Waals surface area contributed by atoms with Crippen molar-refractivity contribution in [2.75, 3.05) is 5.32 Å². The number of halogens is 1. The van der Waals surface area contributed by atoms with Gasteiger partial charge in [0.15, 0.2) is 5.82 Å². The van der Waals surface area contributed by atoms with Gasteiger partial charge in [0.1, 0.15) is 0 Å². The molecule has 1 saturated carbocycles. The summed E-state index contributed by atoms with van der Waals surface area (Å²) >= 11 is 4.85. The molecule has 0 atom stereocenters. The number of aromatic nitrogens is 2. The molecule has 1 heterocycles. The van der Waals surface area contributed by atoms with Gasteiger partial charge in [-0.15, -0.1) is 0 Å². The highest BCUT2D eigenvalue weighted by Gasteiger charge is 2.22. The third-order valence-corrected chi connectivity index (χ3v) is 3.61. The highest BCUT2D eigenvalue weighted by molar-refractivity contribution is 9.10. The number of hydrogen-bond donors (Lipinski definition) is 1. The van der Waals surface area contributed by atoms with Crippen molar-refractivity contribution >= 4 is 32.6 Å². The van der Waals surface area contributed by atoms with Gasteiger partial charge in [-0.25, -0.2) is 0 Å². The fraction of sp³-hybridized carbons (Fsp3) is 0.273. The molecule has 0 bridgehead atoms. The van der Waals surface area contributed by atoms with Gasteiger partial charge in [0.05, 0.1) is 0 Å². The van der Waals surface area contributed by atoms with Crippen molar-refractivity contribution in [1.29, 1.82) is 0 Å². The molecular formula is C11H10BrN3S. The maximum absolute atomic E-state index is 4.47. The van der Waals surface area contributed by atoms with Crippen molar-refractivity contribution in [1.82, 2.24) is 9.36 Å². The molecule has 5 heteroatoms. The predicted octanol–water partition coefficient (Wildman–Crippen LogP) is 3.54. The van der Waals surface area contributed by atoms with Gasteiger partial charge in [-0.1, -0.05) is 28.1 Å². The average Bonchev–Trinajstić information content (AvgIpc) is 2.97. The van der Waals surface area contributed by atoms with Gasteiger partial charge in [0, 0.05) is 27.6 Å². The van der Waals surface area contributed by atoms with Crippen LogP contribution in [0.5, 0.6) is 0 Å². The van der Waals surface area contributed by atoms with E-state index in [4.69, 9.17) is 0 Å². The van der Waals surface area contributed by atoms with Crippen LogP contribution in [0.3, 0.4) is 0 Å². The normalized spacial score (nSPS) is 15.1. The van der Waals surface area contributed by atoms with Gasteiger partial charge in [-0.05, 0) is 25.0 Å². The molecule has 1 aromatic heterocycles. The van der Waals surface area contributed by atoms with Crippen molar-refractivity contribution in [3.05, 3.63) is 28.7 Å². The van der Waals surface area contributed by atoms with Crippen LogP contribution in [0.15, 0.2) is 28.7 Å². The zero-order valence-corrected chi connectivity index (χ0v) is 10.9. The first-order valence-corrected chi connectivity index (χ1v) is 6.74. The number of nitrogens with zero attached hydrogens (tertiary/aromatic N) is 2. The zero-order chi connectivity index (χ0) is 11.0. The van der Waals surface area contributed by atoms with Crippen LogP contribution < -0.4 is 5.32 Å². The van der Waals surface area contributed by atoms with Crippen molar-refractivity contribution in [3.8, 4) is 11.4 Å². The van der Waals surface area contributed by atoms with E-state index in [0.29, 0.717) is 6.04 Å². The Kier molecular flexibility index (Phi) is 2.65. The predicted molar refractivity (Wildman–Crippen MR) is 69.7 cm³/mol. The Morgan fingerprint density at radius 1 is 1.25 bits per heavy atom. The lowest BCUT2D eigenvalue weighted by Gasteiger charge is -1.96. The fourth-order valence-electron chi connectivity index (χ4n) is 1.40. The first-order chi connectivity index (χ1) is 7.81. The van der Waals surface area contributed by atoms with E-state index in [1.807, 2.05) is 24.3 Å². The number of benzene rings is 1. The average molecular weight is 296 g/mol. The first-order valence-electron chi connectivity index (χ1n) is 5.17. The van der Waals surface area contributed by atoms with Crippen LogP contribution in [0.1, 0.15) is 12.8 Å². The number of rotatable bonds is 3. The van der Waals surface area contributed by atoms with Crippen LogP contribution in [0.4, 0.5) is 5.13 Å². The minimum absolute atomic E-state index is 0.630. The molecule has 16 heavy (non-hydrogen) atoms. The quantitative estimate of drug-likeness (QED) is 0.941. The maximum atomic E-state index is 4.47. The Bertz CT molecular complexity index is 490. The molecule has 0 saturated heterocycles. The van der Waals surface area contributed by atoms with E-state index in [1.165, 1.54) is 24.4 Å². The molecule has 1 N–H and O–H groups in total. The summed E-state index contributed by atoms with van der Waals surface area (Å²) in [6, 6.07) is 8.68. The minimum Gasteiger partial charge on any atom is -0.358 e. The number of nitrogens with one attached hydrogen (secondary N) is 1. The molecule has 0 aliphatic heterocycles. The summed E-state index contributed by atoms with van der Waals surface area (Å²) in [5.41, 5.74) is 1.06. The van der Waals surface area contributed by atoms with Crippen LogP contribution in [-0.4, -0.2) is 15.4 Å². The second-order valence-corrected chi connectivity index (χ2v) is 5.52. The summed E-state index contributed by atoms with van der Waals surface area (Å²) in [7, 11) is 0. The lowest BCUT2D eigenvalue weighted by atomic mass is 10.2. The minimum atomic E-state index is 0.630. The van der Waals surface area contributed by atoms with Crippen LogP contribution in [0.2, 0.25) is 0 Å². The Morgan fingerprint density at radius 3 is 2.69 bits per heavy atom. The smallest absolute Gasteiger partial charge is 0.203 e. The van der Waals surface area contributed by atoms with E-state index in [-0.39, 0.29) is 0 Å². The van der Waals surface area contributed by atoms with Gasteiger partial charge in [-0.3, -0.25) is 0 Å². The second kappa shape index (κ2) is 4.14. The summed E-state index contributed by atoms with van der Waals surface area (Å²) in [6.07, 6.45) is 2.51. The molecule has 1 aliphatic rings. The van der Waals surface area contributed by atoms with Crippen LogP contribution in [-0.2, 0) is 0 Å². The Labute approximate surface area is 106 Å². The molecule has 3 rings (SSSR count). The lowest BCUT2D eigenvalue weighted by Crippen LogP contribution is -1.99. The SMILES string of the molecule is Brc1ccc(-c2nsc(NC3CC3)n2)cc1. The third-order valence-electron chi connectivity index (χ3n) is 2.43. The number of hydrogen-bond acceptors (Lipinski definition) is 4. The maximum Gasteiger partial charge on any atom is 0.203 e. The van der Waals surface area contributed by atoms with Crippen molar-refractivity contribution < 1.29 is 0 Å². The van der Waals surface area contributed by atoms with Gasteiger partial charge >= 0.3 is 0 Å². The zero-order valence-electron chi connectivity index (χ0n) is 8.48. The summed E-state index contributed by atoms with van der Waals surface area (Å²) in [4.78, 5) is 4.47. The topological polar surface area (TPSA) is 37.8 Å². The standard InChI is InChI=1S/C11H10BrN3S/c12-8-3-1-7(2-4-8)10-14-11(16-15-10)13-9-5-6-9/h1-4,9H,5-6H2,(H,13,14,15). The van der Waals surface area contributed by atoms with Gasteiger partial charge < -0.3 is 5.32 Å². The van der Waals surface area contributed by atoms with E-state index in [1.54, 1.807) is 0 Å². The molecule has 1 aromatic carbocycles. The second-order valence-electron chi connectivity index (χ2n) is 3.85. The third kappa shape index (κ3) is 2.25. The molecule has 1 fully saturated rings. The Balaban J connectivity index is 1.82. The summed E-state index contributed by atoms with van der Waals surface area (Å²) in [5, 5.41) is 4.28. The molecule has 0 spiro atoms. The van der Waals surface area contributed by atoms with E-state index in [0.717, 1.165) is 21.0 Å². The molecule has 2 aromatic rings. The van der Waals surface area contributed by atoms with Crippen LogP contribution in [0.25, 0.3) is 11.4 Å². The molecule has 1 aliphatic carbocycles. The highest BCUT2D eigenvalue weighted by atomic mass is 79.9. The van der Waals surface area contributed by atoms with Crippen LogP contribution >= 0.6 is 27.5 Å². The van der Waals surface area contributed by atoms with Gasteiger partial charge in [-0.2, -0.15) is 9.36 Å². The summed E-state index contributed by atoms with van der Waals surface area (Å²) in [5.74, 6) is 0.806. The summed E-state index contributed by atoms with van der Waals surface area (Å²) < 4.78 is 5.42. The molecule has 0 radical (unpaired) electrons. The molecular weight excluding hydrogens is 286 g/mol. The van der Waals surface area contributed by atoms with Crippen molar-refractivity contribution in [2.24, 2.45) is 0 Å². The van der Waals surface area contributed by atoms with Crippen molar-refractivity contribution in [3.63, 3.8) is 0 Å². The van der Waals surface area contributed by atoms with E-state index in [2.05, 4.69) is 30.6 Å². The number of anilines is 1. The van der Waals surface area contributed by atoms with Crippen LogP contribution in [0, 0.1) is 0 Å². The summed E-state index contributed by atoms with van der Waals surface area (Å²) in [6.45, 7) is 0. The van der Waals surface area contributed by atoms with Gasteiger partial charge in [0.25, 0.3) is 0 Å². The monoisotopic (exact) mass is 295 g/mol. The molecule has 0 amide bonds. The van der Waals surface area contributed by atoms with E-state index < -0.39 is 0 Å². The van der Waals surface area contributed by atoms with Crippen molar-refractivity contribution in [2.45, 2.75) is 18.9 Å². The largest absolute Gasteiger partial charge is 0.358 e. The van der Waals surface area contributed by atoms with Gasteiger partial charge in [0.2, 0.25) is 5.13 Å². The first kappa shape index (κ1) is 10.2. The highest BCUT2D eigenvalue weighted by Crippen LogP contribution is 2.28. The molecule has 82 valence electrons. The van der Waals surface area contributed by atoms with E-state index >= 15 is 0 Å². The lowest BCUT2D eigenvalue weighted by molar-refractivity contribution is 1.14. The Hall–Kier alpha value is -0.940. The Morgan fingerprint density at radius 2 is 2.00 bits per heavy atom. The molecule has 3 nitrogen and oxygen atoms in total.